The van der Waals surface area contributed by atoms with Gasteiger partial charge in [-0.25, -0.2) is 0 Å². The standard InChI is InChI=1S/C13H21N3O/c1-4-13(10-14-6-1)5-2-8-16(11-13)9-12-3-7-15-17-12/h3,7,14H,1-2,4-6,8-11H2. The van der Waals surface area contributed by atoms with E-state index in [9.17, 15) is 0 Å². The molecule has 1 N–H and O–H groups in total. The maximum absolute atomic E-state index is 5.20. The number of nitrogens with one attached hydrogen (secondary N) is 1. The lowest BCUT2D eigenvalue weighted by atomic mass is 9.74. The average molecular weight is 235 g/mol. The molecule has 2 aliphatic heterocycles. The van der Waals surface area contributed by atoms with Crippen LogP contribution in [0.4, 0.5) is 0 Å². The molecule has 0 radical (unpaired) electrons. The number of piperidine rings is 2. The van der Waals surface area contributed by atoms with Gasteiger partial charge in [0.25, 0.3) is 0 Å². The van der Waals surface area contributed by atoms with Crippen LogP contribution < -0.4 is 5.32 Å². The van der Waals surface area contributed by atoms with Gasteiger partial charge in [-0.2, -0.15) is 0 Å². The van der Waals surface area contributed by atoms with Crippen molar-refractivity contribution in [3.8, 4) is 0 Å². The van der Waals surface area contributed by atoms with E-state index in [4.69, 9.17) is 4.52 Å². The van der Waals surface area contributed by atoms with Crippen LogP contribution in [-0.2, 0) is 6.54 Å². The van der Waals surface area contributed by atoms with Crippen LogP contribution in [0.5, 0.6) is 0 Å². The summed E-state index contributed by atoms with van der Waals surface area (Å²) in [7, 11) is 0. The van der Waals surface area contributed by atoms with E-state index in [1.807, 2.05) is 6.07 Å². The molecule has 1 unspecified atom stereocenters. The highest BCUT2D eigenvalue weighted by atomic mass is 16.5. The lowest BCUT2D eigenvalue weighted by Gasteiger charge is -2.45. The van der Waals surface area contributed by atoms with Crippen molar-refractivity contribution in [3.63, 3.8) is 0 Å². The van der Waals surface area contributed by atoms with Crippen LogP contribution in [0.3, 0.4) is 0 Å². The summed E-state index contributed by atoms with van der Waals surface area (Å²) in [6, 6.07) is 1.97. The highest BCUT2D eigenvalue weighted by Crippen LogP contribution is 2.36. The van der Waals surface area contributed by atoms with Crippen LogP contribution in [0, 0.1) is 5.41 Å². The zero-order valence-corrected chi connectivity index (χ0v) is 10.3. The van der Waals surface area contributed by atoms with Crippen molar-refractivity contribution < 1.29 is 4.52 Å². The number of hydrogen-bond acceptors (Lipinski definition) is 4. The molecular formula is C13H21N3O. The minimum absolute atomic E-state index is 0.524. The van der Waals surface area contributed by atoms with E-state index >= 15 is 0 Å². The summed E-state index contributed by atoms with van der Waals surface area (Å²) < 4.78 is 5.20. The van der Waals surface area contributed by atoms with Crippen LogP contribution in [0.2, 0.25) is 0 Å². The van der Waals surface area contributed by atoms with Gasteiger partial charge in [0.2, 0.25) is 0 Å². The van der Waals surface area contributed by atoms with Crippen molar-refractivity contribution in [1.82, 2.24) is 15.4 Å². The van der Waals surface area contributed by atoms with Crippen molar-refractivity contribution in [2.45, 2.75) is 32.2 Å². The van der Waals surface area contributed by atoms with E-state index in [0.717, 1.165) is 12.3 Å². The summed E-state index contributed by atoms with van der Waals surface area (Å²) in [5.74, 6) is 0.991. The summed E-state index contributed by atoms with van der Waals surface area (Å²) in [6.45, 7) is 5.72. The number of hydrogen-bond donors (Lipinski definition) is 1. The molecule has 3 rings (SSSR count). The van der Waals surface area contributed by atoms with Crippen molar-refractivity contribution in [3.05, 3.63) is 18.0 Å². The van der Waals surface area contributed by atoms with Gasteiger partial charge >= 0.3 is 0 Å². The molecule has 0 amide bonds. The zero-order chi connectivity index (χ0) is 11.6. The first-order valence-electron chi connectivity index (χ1n) is 6.69. The molecule has 0 aromatic carbocycles. The van der Waals surface area contributed by atoms with E-state index in [-0.39, 0.29) is 0 Å². The Bertz CT molecular complexity index is 338. The lowest BCUT2D eigenvalue weighted by molar-refractivity contribution is 0.0549. The third-order valence-corrected chi connectivity index (χ3v) is 4.17. The molecule has 1 aromatic rings. The van der Waals surface area contributed by atoms with Gasteiger partial charge in [0.1, 0.15) is 0 Å². The summed E-state index contributed by atoms with van der Waals surface area (Å²) in [6.07, 6.45) is 7.14. The minimum atomic E-state index is 0.524. The number of nitrogens with zero attached hydrogens (tertiary/aromatic N) is 2. The molecule has 1 aromatic heterocycles. The molecule has 94 valence electrons. The van der Waals surface area contributed by atoms with E-state index < -0.39 is 0 Å². The van der Waals surface area contributed by atoms with Crippen LogP contribution in [0.1, 0.15) is 31.4 Å². The van der Waals surface area contributed by atoms with Gasteiger partial charge in [-0.15, -0.1) is 0 Å². The first-order valence-corrected chi connectivity index (χ1v) is 6.69. The van der Waals surface area contributed by atoms with Crippen LogP contribution in [0.25, 0.3) is 0 Å². The lowest BCUT2D eigenvalue weighted by Crippen LogP contribution is -2.50. The Kier molecular flexibility index (Phi) is 3.16. The Balaban J connectivity index is 1.62. The molecule has 2 aliphatic rings. The first kappa shape index (κ1) is 11.2. The highest BCUT2D eigenvalue weighted by molar-refractivity contribution is 4.96. The number of rotatable bonds is 2. The number of likely N-dealkylation sites (tertiary alicyclic amines) is 1. The smallest absolute Gasteiger partial charge is 0.150 e. The van der Waals surface area contributed by atoms with Crippen molar-refractivity contribution >= 4 is 0 Å². The Morgan fingerprint density at radius 2 is 2.35 bits per heavy atom. The zero-order valence-electron chi connectivity index (χ0n) is 10.3. The fourth-order valence-corrected chi connectivity index (χ4v) is 3.37. The summed E-state index contributed by atoms with van der Waals surface area (Å²) in [5, 5.41) is 7.34. The molecule has 4 heteroatoms. The first-order chi connectivity index (χ1) is 8.36. The fraction of sp³-hybridized carbons (Fsp3) is 0.769. The largest absolute Gasteiger partial charge is 0.360 e. The number of aromatic nitrogens is 1. The summed E-state index contributed by atoms with van der Waals surface area (Å²) in [4.78, 5) is 2.52. The quantitative estimate of drug-likeness (QED) is 0.846. The fourth-order valence-electron chi connectivity index (χ4n) is 3.37. The molecule has 1 spiro atoms. The molecule has 0 bridgehead atoms. The second kappa shape index (κ2) is 4.78. The van der Waals surface area contributed by atoms with Crippen LogP contribution >= 0.6 is 0 Å². The molecule has 2 saturated heterocycles. The van der Waals surface area contributed by atoms with Gasteiger partial charge in [0.05, 0.1) is 12.7 Å². The summed E-state index contributed by atoms with van der Waals surface area (Å²) in [5.41, 5.74) is 0.524. The van der Waals surface area contributed by atoms with Gasteiger partial charge < -0.3 is 9.84 Å². The Morgan fingerprint density at radius 1 is 1.41 bits per heavy atom. The SMILES string of the molecule is c1cc(CN2CCCC3(CCCNC3)C2)on1. The Hall–Kier alpha value is -0.870. The van der Waals surface area contributed by atoms with E-state index in [0.29, 0.717) is 5.41 Å². The monoisotopic (exact) mass is 235 g/mol. The molecule has 2 fully saturated rings. The molecule has 0 saturated carbocycles. The molecule has 3 heterocycles. The molecule has 0 aliphatic carbocycles. The second-order valence-corrected chi connectivity index (χ2v) is 5.57. The van der Waals surface area contributed by atoms with Gasteiger partial charge in [0.15, 0.2) is 5.76 Å². The third kappa shape index (κ3) is 2.53. The summed E-state index contributed by atoms with van der Waals surface area (Å²) >= 11 is 0. The normalized spacial score (nSPS) is 30.8. The predicted octanol–water partition coefficient (Wildman–Crippen LogP) is 1.64. The van der Waals surface area contributed by atoms with Gasteiger partial charge in [-0.3, -0.25) is 4.90 Å². The van der Waals surface area contributed by atoms with E-state index in [2.05, 4.69) is 15.4 Å². The highest BCUT2D eigenvalue weighted by Gasteiger charge is 2.36. The van der Waals surface area contributed by atoms with Crippen molar-refractivity contribution in [2.24, 2.45) is 5.41 Å². The topological polar surface area (TPSA) is 41.3 Å². The molecular weight excluding hydrogens is 214 g/mol. The van der Waals surface area contributed by atoms with Gasteiger partial charge in [0, 0.05) is 19.2 Å². The van der Waals surface area contributed by atoms with Crippen LogP contribution in [0.15, 0.2) is 16.8 Å². The predicted molar refractivity (Wildman–Crippen MR) is 65.6 cm³/mol. The molecule has 1 atom stereocenters. The molecule has 4 nitrogen and oxygen atoms in total. The van der Waals surface area contributed by atoms with Gasteiger partial charge in [-0.05, 0) is 44.2 Å². The van der Waals surface area contributed by atoms with Crippen molar-refractivity contribution in [1.29, 1.82) is 0 Å². The minimum Gasteiger partial charge on any atom is -0.360 e. The average Bonchev–Trinajstić information content (AvgIpc) is 2.83. The molecule has 17 heavy (non-hydrogen) atoms. The maximum atomic E-state index is 5.20. The van der Waals surface area contributed by atoms with Gasteiger partial charge in [-0.1, -0.05) is 5.16 Å². The van der Waals surface area contributed by atoms with Crippen molar-refractivity contribution in [2.75, 3.05) is 26.2 Å². The third-order valence-electron chi connectivity index (χ3n) is 4.17. The van der Waals surface area contributed by atoms with E-state index in [1.54, 1.807) is 6.20 Å². The Labute approximate surface area is 102 Å². The second-order valence-electron chi connectivity index (χ2n) is 5.57. The Morgan fingerprint density at radius 3 is 3.12 bits per heavy atom. The van der Waals surface area contributed by atoms with Crippen LogP contribution in [-0.4, -0.2) is 36.2 Å². The van der Waals surface area contributed by atoms with E-state index in [1.165, 1.54) is 51.9 Å². The maximum Gasteiger partial charge on any atom is 0.150 e.